The van der Waals surface area contributed by atoms with Crippen LogP contribution in [0.1, 0.15) is 33.6 Å². The lowest BCUT2D eigenvalue weighted by Gasteiger charge is -2.36. The maximum absolute atomic E-state index is 12.2. The smallest absolute Gasteiger partial charge is 0.318 e. The number of nitrogens with zero attached hydrogens (tertiary/aromatic N) is 1. The van der Waals surface area contributed by atoms with Gasteiger partial charge in [-0.05, 0) is 12.3 Å². The minimum Gasteiger partial charge on any atom is -0.481 e. The molecule has 1 aliphatic heterocycles. The van der Waals surface area contributed by atoms with Gasteiger partial charge in [0.05, 0.1) is 25.7 Å². The van der Waals surface area contributed by atoms with Crippen LogP contribution in [0.15, 0.2) is 0 Å². The zero-order valence-electron chi connectivity index (χ0n) is 11.9. The molecule has 1 rings (SSSR count). The Kier molecular flexibility index (Phi) is 6.08. The molecule has 6 heteroatoms. The molecular formula is C13H24N2O4. The molecule has 0 saturated carbocycles. The second kappa shape index (κ2) is 7.33. The molecule has 2 unspecified atom stereocenters. The first-order valence-corrected chi connectivity index (χ1v) is 6.82. The normalized spacial score (nSPS) is 21.3. The predicted octanol–water partition coefficient (Wildman–Crippen LogP) is 1.31. The molecule has 0 aromatic rings. The monoisotopic (exact) mass is 272 g/mol. The number of morpholine rings is 1. The molecule has 2 atom stereocenters. The van der Waals surface area contributed by atoms with Gasteiger partial charge in [0.25, 0.3) is 0 Å². The summed E-state index contributed by atoms with van der Waals surface area (Å²) in [5, 5.41) is 11.7. The molecule has 2 N–H and O–H groups in total. The van der Waals surface area contributed by atoms with Gasteiger partial charge < -0.3 is 20.1 Å². The van der Waals surface area contributed by atoms with Gasteiger partial charge in [-0.25, -0.2) is 4.79 Å². The van der Waals surface area contributed by atoms with Crippen molar-refractivity contribution in [2.24, 2.45) is 5.92 Å². The van der Waals surface area contributed by atoms with Crippen molar-refractivity contribution in [2.45, 2.75) is 45.7 Å². The van der Waals surface area contributed by atoms with E-state index in [9.17, 15) is 9.59 Å². The number of aliphatic carboxylic acids is 1. The molecule has 1 saturated heterocycles. The van der Waals surface area contributed by atoms with Crippen LogP contribution < -0.4 is 5.32 Å². The fraction of sp³-hybridized carbons (Fsp3) is 0.846. The molecule has 1 aliphatic rings. The second-order valence-corrected chi connectivity index (χ2v) is 5.23. The van der Waals surface area contributed by atoms with Crippen LogP contribution in [-0.2, 0) is 9.53 Å². The van der Waals surface area contributed by atoms with Crippen LogP contribution in [0.25, 0.3) is 0 Å². The van der Waals surface area contributed by atoms with E-state index in [2.05, 4.69) is 5.32 Å². The number of nitrogens with one attached hydrogen (secondary N) is 1. The molecule has 2 amide bonds. The molecule has 1 heterocycles. The van der Waals surface area contributed by atoms with Crippen LogP contribution >= 0.6 is 0 Å². The number of hydrogen-bond donors (Lipinski definition) is 2. The minimum atomic E-state index is -0.895. The molecule has 0 aliphatic carbocycles. The lowest BCUT2D eigenvalue weighted by molar-refractivity contribution is -0.137. The number of carboxylic acid groups (broad SMARTS) is 1. The fourth-order valence-corrected chi connectivity index (χ4v) is 2.14. The molecule has 6 nitrogen and oxygen atoms in total. The van der Waals surface area contributed by atoms with E-state index in [0.29, 0.717) is 19.8 Å². The number of carbonyl (C=O) groups is 2. The summed E-state index contributed by atoms with van der Waals surface area (Å²) in [5.41, 5.74) is 0. The number of hydrogen-bond acceptors (Lipinski definition) is 3. The van der Waals surface area contributed by atoms with Gasteiger partial charge in [0.2, 0.25) is 0 Å². The van der Waals surface area contributed by atoms with E-state index < -0.39 is 5.97 Å². The number of rotatable bonds is 5. The van der Waals surface area contributed by atoms with Gasteiger partial charge in [-0.3, -0.25) is 4.79 Å². The van der Waals surface area contributed by atoms with Crippen molar-refractivity contribution < 1.29 is 19.4 Å². The van der Waals surface area contributed by atoms with E-state index >= 15 is 0 Å². The Balaban J connectivity index is 2.61. The second-order valence-electron chi connectivity index (χ2n) is 5.23. The standard InChI is InChI=1S/C13H24N2O4/c1-4-10-8-19-6-5-15(10)13(18)14-11(9(2)3)7-12(16)17/h9-11H,4-8H2,1-3H3,(H,14,18)(H,16,17). The predicted molar refractivity (Wildman–Crippen MR) is 71.0 cm³/mol. The third-order valence-corrected chi connectivity index (χ3v) is 3.47. The van der Waals surface area contributed by atoms with Crippen molar-refractivity contribution in [1.29, 1.82) is 0 Å². The first-order chi connectivity index (χ1) is 8.95. The number of carboxylic acids is 1. The van der Waals surface area contributed by atoms with E-state index in [4.69, 9.17) is 9.84 Å². The highest BCUT2D eigenvalue weighted by molar-refractivity contribution is 5.76. The van der Waals surface area contributed by atoms with E-state index in [1.165, 1.54) is 0 Å². The van der Waals surface area contributed by atoms with Crippen molar-refractivity contribution in [1.82, 2.24) is 10.2 Å². The highest BCUT2D eigenvalue weighted by Crippen LogP contribution is 2.12. The van der Waals surface area contributed by atoms with Crippen LogP contribution in [0.2, 0.25) is 0 Å². The first kappa shape index (κ1) is 15.8. The Labute approximate surface area is 114 Å². The molecular weight excluding hydrogens is 248 g/mol. The topological polar surface area (TPSA) is 78.9 Å². The van der Waals surface area contributed by atoms with Crippen LogP contribution in [0.5, 0.6) is 0 Å². The van der Waals surface area contributed by atoms with Crippen LogP contribution in [0.3, 0.4) is 0 Å². The zero-order chi connectivity index (χ0) is 14.4. The van der Waals surface area contributed by atoms with Crippen molar-refractivity contribution in [3.05, 3.63) is 0 Å². The van der Waals surface area contributed by atoms with Crippen LogP contribution in [-0.4, -0.2) is 53.8 Å². The highest BCUT2D eigenvalue weighted by atomic mass is 16.5. The van der Waals surface area contributed by atoms with Crippen molar-refractivity contribution >= 4 is 12.0 Å². The van der Waals surface area contributed by atoms with E-state index in [-0.39, 0.29) is 30.5 Å². The summed E-state index contributed by atoms with van der Waals surface area (Å²) >= 11 is 0. The third-order valence-electron chi connectivity index (χ3n) is 3.47. The molecule has 0 spiro atoms. The van der Waals surface area contributed by atoms with Gasteiger partial charge in [0, 0.05) is 12.6 Å². The van der Waals surface area contributed by atoms with Gasteiger partial charge in [-0.15, -0.1) is 0 Å². The quantitative estimate of drug-likeness (QED) is 0.791. The molecule has 19 heavy (non-hydrogen) atoms. The summed E-state index contributed by atoms with van der Waals surface area (Å²) in [6.45, 7) is 7.47. The molecule has 1 fully saturated rings. The molecule has 0 aromatic heterocycles. The Morgan fingerprint density at radius 1 is 1.47 bits per heavy atom. The summed E-state index contributed by atoms with van der Waals surface area (Å²) < 4.78 is 5.35. The Morgan fingerprint density at radius 2 is 2.16 bits per heavy atom. The highest BCUT2D eigenvalue weighted by Gasteiger charge is 2.28. The summed E-state index contributed by atoms with van der Waals surface area (Å²) in [7, 11) is 0. The van der Waals surface area contributed by atoms with E-state index in [1.54, 1.807) is 4.90 Å². The fourth-order valence-electron chi connectivity index (χ4n) is 2.14. The van der Waals surface area contributed by atoms with Crippen LogP contribution in [0, 0.1) is 5.92 Å². The maximum Gasteiger partial charge on any atom is 0.318 e. The largest absolute Gasteiger partial charge is 0.481 e. The Morgan fingerprint density at radius 3 is 2.68 bits per heavy atom. The molecule has 110 valence electrons. The van der Waals surface area contributed by atoms with Gasteiger partial charge in [-0.2, -0.15) is 0 Å². The number of ether oxygens (including phenoxy) is 1. The van der Waals surface area contributed by atoms with Crippen molar-refractivity contribution in [3.63, 3.8) is 0 Å². The zero-order valence-corrected chi connectivity index (χ0v) is 11.9. The SMILES string of the molecule is CCC1COCCN1C(=O)NC(CC(=O)O)C(C)C. The molecule has 0 aromatic carbocycles. The van der Waals surface area contributed by atoms with Crippen LogP contribution in [0.4, 0.5) is 4.79 Å². The number of amides is 2. The van der Waals surface area contributed by atoms with Gasteiger partial charge >= 0.3 is 12.0 Å². The lowest BCUT2D eigenvalue weighted by Crippen LogP contribution is -2.55. The van der Waals surface area contributed by atoms with Gasteiger partial charge in [0.1, 0.15) is 0 Å². The minimum absolute atomic E-state index is 0.0511. The maximum atomic E-state index is 12.2. The average Bonchev–Trinajstić information content (AvgIpc) is 2.37. The number of urea groups is 1. The van der Waals surface area contributed by atoms with E-state index in [0.717, 1.165) is 6.42 Å². The van der Waals surface area contributed by atoms with Crippen molar-refractivity contribution in [2.75, 3.05) is 19.8 Å². The van der Waals surface area contributed by atoms with Gasteiger partial charge in [0.15, 0.2) is 0 Å². The molecule has 0 bridgehead atoms. The summed E-state index contributed by atoms with van der Waals surface area (Å²) in [5.74, 6) is -0.811. The lowest BCUT2D eigenvalue weighted by atomic mass is 10.0. The third kappa shape index (κ3) is 4.70. The Bertz CT molecular complexity index is 320. The number of carbonyl (C=O) groups excluding carboxylic acids is 1. The van der Waals surface area contributed by atoms with E-state index in [1.807, 2.05) is 20.8 Å². The summed E-state index contributed by atoms with van der Waals surface area (Å²) in [4.78, 5) is 24.8. The summed E-state index contributed by atoms with van der Waals surface area (Å²) in [6.07, 6.45) is 0.781. The molecule has 0 radical (unpaired) electrons. The first-order valence-electron chi connectivity index (χ1n) is 6.82. The average molecular weight is 272 g/mol. The van der Waals surface area contributed by atoms with Crippen molar-refractivity contribution in [3.8, 4) is 0 Å². The Hall–Kier alpha value is -1.30. The van der Waals surface area contributed by atoms with Gasteiger partial charge in [-0.1, -0.05) is 20.8 Å². The summed E-state index contributed by atoms with van der Waals surface area (Å²) in [6, 6.07) is -0.452.